The van der Waals surface area contributed by atoms with Gasteiger partial charge < -0.3 is 10.1 Å². The van der Waals surface area contributed by atoms with E-state index < -0.39 is 0 Å². The molecule has 1 N–H and O–H groups in total. The third-order valence-corrected chi connectivity index (χ3v) is 3.56. The molecule has 0 aliphatic heterocycles. The Kier molecular flexibility index (Phi) is 4.60. The SMILES string of the molecule is CNC(C)c1cccc(Oc2ccc(I)cc2)c1. The molecule has 2 aromatic carbocycles. The van der Waals surface area contributed by atoms with Gasteiger partial charge in [-0.05, 0) is 78.5 Å². The maximum absolute atomic E-state index is 5.84. The molecular formula is C15H16INO. The quantitative estimate of drug-likeness (QED) is 0.825. The van der Waals surface area contributed by atoms with E-state index in [-0.39, 0.29) is 0 Å². The minimum absolute atomic E-state index is 0.324. The van der Waals surface area contributed by atoms with Gasteiger partial charge >= 0.3 is 0 Å². The van der Waals surface area contributed by atoms with Gasteiger partial charge in [0.2, 0.25) is 0 Å². The van der Waals surface area contributed by atoms with Gasteiger partial charge in [-0.25, -0.2) is 0 Å². The van der Waals surface area contributed by atoms with Crippen molar-refractivity contribution in [3.8, 4) is 11.5 Å². The first-order valence-electron chi connectivity index (χ1n) is 5.89. The maximum Gasteiger partial charge on any atom is 0.127 e. The lowest BCUT2D eigenvalue weighted by Crippen LogP contribution is -2.11. The van der Waals surface area contributed by atoms with Crippen LogP contribution in [-0.2, 0) is 0 Å². The average molecular weight is 353 g/mol. The Hall–Kier alpha value is -1.07. The largest absolute Gasteiger partial charge is 0.457 e. The molecule has 0 radical (unpaired) electrons. The summed E-state index contributed by atoms with van der Waals surface area (Å²) >= 11 is 2.28. The zero-order chi connectivity index (χ0) is 13.0. The van der Waals surface area contributed by atoms with Crippen molar-refractivity contribution in [3.63, 3.8) is 0 Å². The number of ether oxygens (including phenoxy) is 1. The van der Waals surface area contributed by atoms with Crippen molar-refractivity contribution in [2.24, 2.45) is 0 Å². The van der Waals surface area contributed by atoms with Gasteiger partial charge in [-0.3, -0.25) is 0 Å². The molecule has 0 amide bonds. The maximum atomic E-state index is 5.84. The molecule has 2 nitrogen and oxygen atoms in total. The van der Waals surface area contributed by atoms with Crippen LogP contribution in [0.15, 0.2) is 48.5 Å². The molecule has 2 aromatic rings. The highest BCUT2D eigenvalue weighted by Gasteiger charge is 2.04. The fourth-order valence-electron chi connectivity index (χ4n) is 1.65. The summed E-state index contributed by atoms with van der Waals surface area (Å²) in [5, 5.41) is 3.22. The van der Waals surface area contributed by atoms with E-state index in [1.807, 2.05) is 43.4 Å². The van der Waals surface area contributed by atoms with Crippen molar-refractivity contribution in [2.75, 3.05) is 7.05 Å². The highest BCUT2D eigenvalue weighted by atomic mass is 127. The Bertz CT molecular complexity index is 510. The van der Waals surface area contributed by atoms with Gasteiger partial charge in [-0.1, -0.05) is 12.1 Å². The van der Waals surface area contributed by atoms with Gasteiger partial charge in [-0.2, -0.15) is 0 Å². The molecule has 94 valence electrons. The van der Waals surface area contributed by atoms with Crippen LogP contribution >= 0.6 is 22.6 Å². The van der Waals surface area contributed by atoms with E-state index >= 15 is 0 Å². The third kappa shape index (κ3) is 3.46. The first-order chi connectivity index (χ1) is 8.69. The van der Waals surface area contributed by atoms with E-state index in [1.54, 1.807) is 0 Å². The predicted octanol–water partition coefficient (Wildman–Crippen LogP) is 4.36. The van der Waals surface area contributed by atoms with Crippen LogP contribution in [0, 0.1) is 3.57 Å². The van der Waals surface area contributed by atoms with Crippen LogP contribution in [0.2, 0.25) is 0 Å². The van der Waals surface area contributed by atoms with Gasteiger partial charge in [0.1, 0.15) is 11.5 Å². The van der Waals surface area contributed by atoms with E-state index in [0.717, 1.165) is 11.5 Å². The molecular weight excluding hydrogens is 337 g/mol. The first-order valence-corrected chi connectivity index (χ1v) is 6.97. The molecule has 0 spiro atoms. The molecule has 1 unspecified atom stereocenters. The number of halogens is 1. The predicted molar refractivity (Wildman–Crippen MR) is 83.1 cm³/mol. The summed E-state index contributed by atoms with van der Waals surface area (Å²) in [6.07, 6.45) is 0. The number of rotatable bonds is 4. The Morgan fingerprint density at radius 3 is 2.44 bits per heavy atom. The molecule has 2 rings (SSSR count). The molecule has 3 heteroatoms. The zero-order valence-corrected chi connectivity index (χ0v) is 12.6. The van der Waals surface area contributed by atoms with Crippen LogP contribution in [0.5, 0.6) is 11.5 Å². The van der Waals surface area contributed by atoms with Crippen LogP contribution in [0.25, 0.3) is 0 Å². The van der Waals surface area contributed by atoms with Crippen molar-refractivity contribution in [3.05, 3.63) is 57.7 Å². The second kappa shape index (κ2) is 6.20. The molecule has 0 saturated heterocycles. The van der Waals surface area contributed by atoms with Gasteiger partial charge in [0.15, 0.2) is 0 Å². The Morgan fingerprint density at radius 2 is 1.78 bits per heavy atom. The monoisotopic (exact) mass is 353 g/mol. The highest BCUT2D eigenvalue weighted by Crippen LogP contribution is 2.24. The van der Waals surface area contributed by atoms with Gasteiger partial charge in [0, 0.05) is 9.61 Å². The molecule has 0 saturated carbocycles. The minimum atomic E-state index is 0.324. The van der Waals surface area contributed by atoms with E-state index in [1.165, 1.54) is 9.13 Å². The van der Waals surface area contributed by atoms with Crippen molar-refractivity contribution < 1.29 is 4.74 Å². The number of benzene rings is 2. The topological polar surface area (TPSA) is 21.3 Å². The van der Waals surface area contributed by atoms with Crippen molar-refractivity contribution in [1.29, 1.82) is 0 Å². The molecule has 0 aromatic heterocycles. The second-order valence-corrected chi connectivity index (χ2v) is 5.38. The summed E-state index contributed by atoms with van der Waals surface area (Å²) in [6.45, 7) is 2.13. The molecule has 0 bridgehead atoms. The lowest BCUT2D eigenvalue weighted by Gasteiger charge is -2.12. The summed E-state index contributed by atoms with van der Waals surface area (Å²) in [4.78, 5) is 0. The summed E-state index contributed by atoms with van der Waals surface area (Å²) in [5.41, 5.74) is 1.22. The zero-order valence-electron chi connectivity index (χ0n) is 10.5. The minimum Gasteiger partial charge on any atom is -0.457 e. The fourth-order valence-corrected chi connectivity index (χ4v) is 2.01. The Morgan fingerprint density at radius 1 is 1.06 bits per heavy atom. The van der Waals surface area contributed by atoms with Crippen LogP contribution in [0.3, 0.4) is 0 Å². The van der Waals surface area contributed by atoms with Gasteiger partial charge in [0.05, 0.1) is 0 Å². The lowest BCUT2D eigenvalue weighted by atomic mass is 10.1. The first kappa shape index (κ1) is 13.4. The summed E-state index contributed by atoms with van der Waals surface area (Å²) < 4.78 is 7.04. The summed E-state index contributed by atoms with van der Waals surface area (Å²) in [7, 11) is 1.96. The lowest BCUT2D eigenvalue weighted by molar-refractivity contribution is 0.480. The normalized spacial score (nSPS) is 12.2. The van der Waals surface area contributed by atoms with Crippen LogP contribution in [-0.4, -0.2) is 7.05 Å². The average Bonchev–Trinajstić information content (AvgIpc) is 2.41. The third-order valence-electron chi connectivity index (χ3n) is 2.84. The summed E-state index contributed by atoms with van der Waals surface area (Å²) in [5.74, 6) is 1.74. The highest BCUT2D eigenvalue weighted by molar-refractivity contribution is 14.1. The molecule has 0 fully saturated rings. The smallest absolute Gasteiger partial charge is 0.127 e. The molecule has 0 heterocycles. The van der Waals surface area contributed by atoms with Crippen molar-refractivity contribution in [2.45, 2.75) is 13.0 Å². The van der Waals surface area contributed by atoms with Gasteiger partial charge in [0.25, 0.3) is 0 Å². The van der Waals surface area contributed by atoms with E-state index in [9.17, 15) is 0 Å². The molecule has 0 aliphatic rings. The molecule has 0 aliphatic carbocycles. The van der Waals surface area contributed by atoms with Crippen molar-refractivity contribution in [1.82, 2.24) is 5.32 Å². The van der Waals surface area contributed by atoms with E-state index in [2.05, 4.69) is 47.0 Å². The number of hydrogen-bond acceptors (Lipinski definition) is 2. The number of nitrogens with one attached hydrogen (secondary N) is 1. The molecule has 1 atom stereocenters. The van der Waals surface area contributed by atoms with Gasteiger partial charge in [-0.15, -0.1) is 0 Å². The standard InChI is InChI=1S/C15H16INO/c1-11(17-2)12-4-3-5-15(10-12)18-14-8-6-13(16)7-9-14/h3-11,17H,1-2H3. The van der Waals surface area contributed by atoms with E-state index in [0.29, 0.717) is 6.04 Å². The van der Waals surface area contributed by atoms with Crippen LogP contribution < -0.4 is 10.1 Å². The Labute approximate surface area is 122 Å². The van der Waals surface area contributed by atoms with Crippen molar-refractivity contribution >= 4 is 22.6 Å². The van der Waals surface area contributed by atoms with Crippen LogP contribution in [0.1, 0.15) is 18.5 Å². The van der Waals surface area contributed by atoms with E-state index in [4.69, 9.17) is 4.74 Å². The molecule has 18 heavy (non-hydrogen) atoms. The second-order valence-electron chi connectivity index (χ2n) is 4.14. The number of hydrogen-bond donors (Lipinski definition) is 1. The van der Waals surface area contributed by atoms with Crippen LogP contribution in [0.4, 0.5) is 0 Å². The Balaban J connectivity index is 2.16. The summed E-state index contributed by atoms with van der Waals surface area (Å²) in [6, 6.07) is 16.5. The fraction of sp³-hybridized carbons (Fsp3) is 0.200.